The van der Waals surface area contributed by atoms with Crippen LogP contribution in [0.1, 0.15) is 19.3 Å². The van der Waals surface area contributed by atoms with E-state index in [0.29, 0.717) is 5.69 Å². The maximum absolute atomic E-state index is 12.0. The number of nitrogens with two attached hydrogens (primary N) is 1. The molecule has 0 spiro atoms. The zero-order valence-corrected chi connectivity index (χ0v) is 11.5. The number of pyridine rings is 1. The number of aromatic nitrogens is 1. The molecule has 0 bridgehead atoms. The van der Waals surface area contributed by atoms with Crippen LogP contribution in [0.4, 0.5) is 5.69 Å². The molecule has 1 aromatic heterocycles. The van der Waals surface area contributed by atoms with Gasteiger partial charge in [0.1, 0.15) is 0 Å². The average Bonchev–Trinajstić information content (AvgIpc) is 2.75. The highest BCUT2D eigenvalue weighted by atomic mass is 32.2. The fourth-order valence-electron chi connectivity index (χ4n) is 2.22. The van der Waals surface area contributed by atoms with Gasteiger partial charge >= 0.3 is 0 Å². The number of sulfone groups is 1. The maximum Gasteiger partial charge on any atom is 0.229 e. The van der Waals surface area contributed by atoms with Crippen LogP contribution in [0.3, 0.4) is 0 Å². The zero-order valence-electron chi connectivity index (χ0n) is 10.7. The van der Waals surface area contributed by atoms with E-state index in [2.05, 4.69) is 10.3 Å². The molecule has 1 aliphatic carbocycles. The molecule has 0 radical (unpaired) electrons. The van der Waals surface area contributed by atoms with Gasteiger partial charge in [-0.2, -0.15) is 0 Å². The number of nitrogens with one attached hydrogen (secondary N) is 1. The van der Waals surface area contributed by atoms with E-state index in [1.54, 1.807) is 0 Å². The second-order valence-corrected chi connectivity index (χ2v) is 6.81. The van der Waals surface area contributed by atoms with Crippen molar-refractivity contribution in [3.05, 3.63) is 18.3 Å². The van der Waals surface area contributed by atoms with Crippen LogP contribution >= 0.6 is 0 Å². The lowest BCUT2D eigenvalue weighted by Gasteiger charge is -2.14. The minimum atomic E-state index is -3.32. The summed E-state index contributed by atoms with van der Waals surface area (Å²) in [4.78, 5) is 15.8. The summed E-state index contributed by atoms with van der Waals surface area (Å²) in [5.41, 5.74) is 6.34. The van der Waals surface area contributed by atoms with Crippen molar-refractivity contribution in [1.29, 1.82) is 0 Å². The maximum atomic E-state index is 12.0. The Hall–Kier alpha value is -1.47. The summed E-state index contributed by atoms with van der Waals surface area (Å²) in [6.45, 7) is 0. The molecule has 7 heteroatoms. The van der Waals surface area contributed by atoms with Crippen molar-refractivity contribution >= 4 is 21.4 Å². The largest absolute Gasteiger partial charge is 0.327 e. The molecule has 1 aromatic rings. The summed E-state index contributed by atoms with van der Waals surface area (Å²) >= 11 is 0. The van der Waals surface area contributed by atoms with Gasteiger partial charge < -0.3 is 11.1 Å². The van der Waals surface area contributed by atoms with Crippen LogP contribution in [0, 0.1) is 5.92 Å². The molecular weight excluding hydrogens is 266 g/mol. The smallest absolute Gasteiger partial charge is 0.229 e. The Bertz CT molecular complexity index is 568. The van der Waals surface area contributed by atoms with Crippen LogP contribution in [0.5, 0.6) is 0 Å². The third-order valence-electron chi connectivity index (χ3n) is 3.29. The van der Waals surface area contributed by atoms with Crippen molar-refractivity contribution in [2.24, 2.45) is 11.7 Å². The molecule has 0 aliphatic heterocycles. The molecule has 2 unspecified atom stereocenters. The van der Waals surface area contributed by atoms with Crippen molar-refractivity contribution in [3.8, 4) is 0 Å². The van der Waals surface area contributed by atoms with Crippen LogP contribution in [0.2, 0.25) is 0 Å². The zero-order chi connectivity index (χ0) is 14.0. The molecule has 6 nitrogen and oxygen atoms in total. The SMILES string of the molecule is CS(=O)(=O)c1ccc(NC(=O)C2CCCC2N)cn1. The van der Waals surface area contributed by atoms with Gasteiger partial charge in [-0.1, -0.05) is 6.42 Å². The minimum absolute atomic E-state index is 0.0110. The van der Waals surface area contributed by atoms with E-state index in [1.165, 1.54) is 18.3 Å². The predicted molar refractivity (Wildman–Crippen MR) is 71.3 cm³/mol. The van der Waals surface area contributed by atoms with E-state index >= 15 is 0 Å². The third-order valence-corrected chi connectivity index (χ3v) is 4.29. The lowest BCUT2D eigenvalue weighted by molar-refractivity contribution is -0.120. The molecule has 1 heterocycles. The lowest BCUT2D eigenvalue weighted by Crippen LogP contribution is -2.34. The second kappa shape index (κ2) is 5.26. The number of nitrogens with zero attached hydrogens (tertiary/aromatic N) is 1. The van der Waals surface area contributed by atoms with Gasteiger partial charge in [0.05, 0.1) is 17.8 Å². The fourth-order valence-corrected chi connectivity index (χ4v) is 2.78. The Labute approximate surface area is 112 Å². The van der Waals surface area contributed by atoms with E-state index in [1.807, 2.05) is 0 Å². The number of carbonyl (C=O) groups excluding carboxylic acids is 1. The quantitative estimate of drug-likeness (QED) is 0.843. The Morgan fingerprint density at radius 3 is 2.63 bits per heavy atom. The molecule has 1 amide bonds. The Balaban J connectivity index is 2.06. The molecule has 19 heavy (non-hydrogen) atoms. The standard InChI is InChI=1S/C12H17N3O3S/c1-19(17,18)11-6-5-8(7-14-11)15-12(16)9-3-2-4-10(9)13/h5-7,9-10H,2-4,13H2,1H3,(H,15,16). The van der Waals surface area contributed by atoms with E-state index in [0.717, 1.165) is 25.5 Å². The first kappa shape index (κ1) is 14.0. The van der Waals surface area contributed by atoms with Gasteiger partial charge in [0.25, 0.3) is 0 Å². The van der Waals surface area contributed by atoms with Crippen LogP contribution < -0.4 is 11.1 Å². The Kier molecular flexibility index (Phi) is 3.86. The topological polar surface area (TPSA) is 102 Å². The van der Waals surface area contributed by atoms with Crippen molar-refractivity contribution in [2.45, 2.75) is 30.3 Å². The molecule has 3 N–H and O–H groups in total. The molecular formula is C12H17N3O3S. The van der Waals surface area contributed by atoms with Gasteiger partial charge in [-0.3, -0.25) is 4.79 Å². The second-order valence-electron chi connectivity index (χ2n) is 4.85. The third kappa shape index (κ3) is 3.30. The van der Waals surface area contributed by atoms with Gasteiger partial charge in [0.15, 0.2) is 14.9 Å². The van der Waals surface area contributed by atoms with Crippen molar-refractivity contribution in [2.75, 3.05) is 11.6 Å². The summed E-state index contributed by atoms with van der Waals surface area (Å²) in [6.07, 6.45) is 5.05. The van der Waals surface area contributed by atoms with E-state index in [-0.39, 0.29) is 22.9 Å². The number of rotatable bonds is 3. The molecule has 0 saturated heterocycles. The molecule has 2 rings (SSSR count). The van der Waals surface area contributed by atoms with Gasteiger partial charge in [-0.25, -0.2) is 13.4 Å². The lowest BCUT2D eigenvalue weighted by atomic mass is 10.0. The molecule has 104 valence electrons. The first-order valence-electron chi connectivity index (χ1n) is 6.10. The number of amides is 1. The predicted octanol–water partition coefficient (Wildman–Crippen LogP) is 0.551. The van der Waals surface area contributed by atoms with Crippen molar-refractivity contribution < 1.29 is 13.2 Å². The monoisotopic (exact) mass is 283 g/mol. The summed E-state index contributed by atoms with van der Waals surface area (Å²) in [5.74, 6) is -0.298. The van der Waals surface area contributed by atoms with Gasteiger partial charge in [0, 0.05) is 12.3 Å². The van der Waals surface area contributed by atoms with E-state index in [4.69, 9.17) is 5.73 Å². The number of hydrogen-bond acceptors (Lipinski definition) is 5. The fraction of sp³-hybridized carbons (Fsp3) is 0.500. The van der Waals surface area contributed by atoms with Gasteiger partial charge in [0.2, 0.25) is 5.91 Å². The molecule has 0 aromatic carbocycles. The van der Waals surface area contributed by atoms with Crippen LogP contribution in [-0.2, 0) is 14.6 Å². The summed E-state index contributed by atoms with van der Waals surface area (Å²) in [6, 6.07) is 2.81. The summed E-state index contributed by atoms with van der Waals surface area (Å²) in [7, 11) is -3.32. The average molecular weight is 283 g/mol. The minimum Gasteiger partial charge on any atom is -0.327 e. The van der Waals surface area contributed by atoms with Crippen LogP contribution in [0.15, 0.2) is 23.4 Å². The van der Waals surface area contributed by atoms with Crippen molar-refractivity contribution in [3.63, 3.8) is 0 Å². The molecule has 1 saturated carbocycles. The van der Waals surface area contributed by atoms with Crippen LogP contribution in [-0.4, -0.2) is 31.6 Å². The molecule has 1 aliphatic rings. The summed E-state index contributed by atoms with van der Waals surface area (Å²) < 4.78 is 22.5. The van der Waals surface area contributed by atoms with E-state index in [9.17, 15) is 13.2 Å². The molecule has 2 atom stereocenters. The van der Waals surface area contributed by atoms with Gasteiger partial charge in [-0.05, 0) is 25.0 Å². The first-order chi connectivity index (χ1) is 8.88. The first-order valence-corrected chi connectivity index (χ1v) is 7.99. The Morgan fingerprint density at radius 2 is 2.16 bits per heavy atom. The molecule has 1 fully saturated rings. The van der Waals surface area contributed by atoms with E-state index < -0.39 is 9.84 Å². The normalized spacial score (nSPS) is 23.3. The Morgan fingerprint density at radius 1 is 1.42 bits per heavy atom. The summed E-state index contributed by atoms with van der Waals surface area (Å²) in [5, 5.41) is 2.71. The highest BCUT2D eigenvalue weighted by Crippen LogP contribution is 2.25. The highest BCUT2D eigenvalue weighted by Gasteiger charge is 2.30. The highest BCUT2D eigenvalue weighted by molar-refractivity contribution is 7.90. The van der Waals surface area contributed by atoms with Crippen LogP contribution in [0.25, 0.3) is 0 Å². The number of hydrogen-bond donors (Lipinski definition) is 2. The number of anilines is 1. The number of carbonyl (C=O) groups is 1. The van der Waals surface area contributed by atoms with Gasteiger partial charge in [-0.15, -0.1) is 0 Å². The van der Waals surface area contributed by atoms with Crippen molar-refractivity contribution in [1.82, 2.24) is 4.98 Å².